The Balaban J connectivity index is 1.51. The van der Waals surface area contributed by atoms with Gasteiger partial charge in [0.05, 0.1) is 5.56 Å². The van der Waals surface area contributed by atoms with Gasteiger partial charge in [-0.05, 0) is 54.7 Å². The highest BCUT2D eigenvalue weighted by Gasteiger charge is 2.16. The van der Waals surface area contributed by atoms with Crippen LogP contribution < -0.4 is 10.6 Å². The maximum Gasteiger partial charge on any atom is 0.338 e. The van der Waals surface area contributed by atoms with E-state index in [-0.39, 0.29) is 5.91 Å². The molecule has 1 fully saturated rings. The molecule has 2 aromatic carbocycles. The molecule has 0 heterocycles. The van der Waals surface area contributed by atoms with Crippen LogP contribution in [0.5, 0.6) is 0 Å². The highest BCUT2D eigenvalue weighted by molar-refractivity contribution is 5.98. The Kier molecular flexibility index (Phi) is 7.00. The fourth-order valence-corrected chi connectivity index (χ4v) is 3.62. The lowest BCUT2D eigenvalue weighted by atomic mass is 9.84. The van der Waals surface area contributed by atoms with E-state index in [0.717, 1.165) is 0 Å². The standard InChI is InChI=1S/C23H26N2O4/c1-24-22(27)19-8-5-9-20(14-19)25-21(26)15-29-23(28)18-12-10-17(11-13-18)16-6-3-2-4-7-16/h5,8-14,16H,2-4,6-7,15H2,1H3,(H,24,27)(H,25,26). The van der Waals surface area contributed by atoms with Crippen molar-refractivity contribution < 1.29 is 19.1 Å². The van der Waals surface area contributed by atoms with Crippen molar-refractivity contribution in [1.29, 1.82) is 0 Å². The van der Waals surface area contributed by atoms with E-state index in [1.165, 1.54) is 44.7 Å². The monoisotopic (exact) mass is 394 g/mol. The summed E-state index contributed by atoms with van der Waals surface area (Å²) in [5.74, 6) is -0.671. The zero-order valence-corrected chi connectivity index (χ0v) is 16.6. The SMILES string of the molecule is CNC(=O)c1cccc(NC(=O)COC(=O)c2ccc(C3CCCCC3)cc2)c1. The molecule has 2 aromatic rings. The molecule has 1 saturated carbocycles. The Morgan fingerprint density at radius 3 is 2.38 bits per heavy atom. The quantitative estimate of drug-likeness (QED) is 0.728. The Morgan fingerprint density at radius 2 is 1.69 bits per heavy atom. The maximum atomic E-state index is 12.2. The number of rotatable bonds is 6. The van der Waals surface area contributed by atoms with Crippen molar-refractivity contribution in [1.82, 2.24) is 5.32 Å². The third-order valence-electron chi connectivity index (χ3n) is 5.19. The normalized spacial score (nSPS) is 14.1. The first-order valence-corrected chi connectivity index (χ1v) is 9.96. The summed E-state index contributed by atoms with van der Waals surface area (Å²) < 4.78 is 5.12. The molecule has 0 radical (unpaired) electrons. The molecule has 1 aliphatic carbocycles. The highest BCUT2D eigenvalue weighted by atomic mass is 16.5. The molecule has 0 aromatic heterocycles. The van der Waals surface area contributed by atoms with Crippen LogP contribution in [0.3, 0.4) is 0 Å². The lowest BCUT2D eigenvalue weighted by Gasteiger charge is -2.21. The van der Waals surface area contributed by atoms with Crippen molar-refractivity contribution in [3.05, 3.63) is 65.2 Å². The van der Waals surface area contributed by atoms with Crippen LogP contribution in [0.1, 0.15) is 64.3 Å². The van der Waals surface area contributed by atoms with E-state index in [1.807, 2.05) is 12.1 Å². The molecule has 0 spiro atoms. The van der Waals surface area contributed by atoms with Gasteiger partial charge in [-0.15, -0.1) is 0 Å². The second kappa shape index (κ2) is 9.87. The predicted octanol–water partition coefficient (Wildman–Crippen LogP) is 3.89. The van der Waals surface area contributed by atoms with E-state index in [9.17, 15) is 14.4 Å². The maximum absolute atomic E-state index is 12.2. The number of esters is 1. The molecule has 1 aliphatic rings. The zero-order valence-electron chi connectivity index (χ0n) is 16.6. The Labute approximate surface area is 170 Å². The molecule has 3 rings (SSSR count). The molecular formula is C23H26N2O4. The van der Waals surface area contributed by atoms with Gasteiger partial charge in [0.1, 0.15) is 0 Å². The van der Waals surface area contributed by atoms with Crippen LogP contribution in [0.2, 0.25) is 0 Å². The first-order valence-electron chi connectivity index (χ1n) is 9.96. The molecule has 0 atom stereocenters. The van der Waals surface area contributed by atoms with Gasteiger partial charge in [-0.1, -0.05) is 37.5 Å². The summed E-state index contributed by atoms with van der Waals surface area (Å²) in [6.07, 6.45) is 6.22. The van der Waals surface area contributed by atoms with Gasteiger partial charge >= 0.3 is 5.97 Å². The molecule has 152 valence electrons. The van der Waals surface area contributed by atoms with Crippen LogP contribution in [0.25, 0.3) is 0 Å². The van der Waals surface area contributed by atoms with Crippen molar-refractivity contribution in [2.45, 2.75) is 38.0 Å². The van der Waals surface area contributed by atoms with Crippen LogP contribution >= 0.6 is 0 Å². The van der Waals surface area contributed by atoms with Gasteiger partial charge < -0.3 is 15.4 Å². The first kappa shape index (κ1) is 20.6. The number of ether oxygens (including phenoxy) is 1. The van der Waals surface area contributed by atoms with Gasteiger partial charge in [-0.3, -0.25) is 9.59 Å². The van der Waals surface area contributed by atoms with Gasteiger partial charge in [-0.25, -0.2) is 4.79 Å². The van der Waals surface area contributed by atoms with Gasteiger partial charge in [0.2, 0.25) is 0 Å². The molecular weight excluding hydrogens is 368 g/mol. The van der Waals surface area contributed by atoms with Gasteiger partial charge in [0, 0.05) is 18.3 Å². The topological polar surface area (TPSA) is 84.5 Å². The molecule has 6 heteroatoms. The Hall–Kier alpha value is -3.15. The molecule has 0 aliphatic heterocycles. The van der Waals surface area contributed by atoms with E-state index in [0.29, 0.717) is 22.7 Å². The van der Waals surface area contributed by atoms with Crippen LogP contribution in [0, 0.1) is 0 Å². The van der Waals surface area contributed by atoms with Crippen molar-refractivity contribution >= 4 is 23.5 Å². The number of nitrogens with one attached hydrogen (secondary N) is 2. The van der Waals surface area contributed by atoms with Gasteiger partial charge in [0.15, 0.2) is 6.61 Å². The van der Waals surface area contributed by atoms with Crippen LogP contribution in [0.15, 0.2) is 48.5 Å². The van der Waals surface area contributed by atoms with Crippen molar-refractivity contribution in [3.63, 3.8) is 0 Å². The number of hydrogen-bond acceptors (Lipinski definition) is 4. The highest BCUT2D eigenvalue weighted by Crippen LogP contribution is 2.32. The molecule has 0 unspecified atom stereocenters. The number of amides is 2. The second-order valence-electron chi connectivity index (χ2n) is 7.24. The predicted molar refractivity (Wildman–Crippen MR) is 111 cm³/mol. The number of anilines is 1. The van der Waals surface area contributed by atoms with E-state index in [1.54, 1.807) is 36.4 Å². The van der Waals surface area contributed by atoms with Crippen LogP contribution in [-0.4, -0.2) is 31.4 Å². The van der Waals surface area contributed by atoms with E-state index in [2.05, 4.69) is 10.6 Å². The summed E-state index contributed by atoms with van der Waals surface area (Å²) in [6, 6.07) is 14.0. The third kappa shape index (κ3) is 5.67. The van der Waals surface area contributed by atoms with E-state index >= 15 is 0 Å². The largest absolute Gasteiger partial charge is 0.452 e. The summed E-state index contributed by atoms with van der Waals surface area (Å²) >= 11 is 0. The van der Waals surface area contributed by atoms with Gasteiger partial charge in [-0.2, -0.15) is 0 Å². The first-order chi connectivity index (χ1) is 14.1. The number of carbonyl (C=O) groups is 3. The van der Waals surface area contributed by atoms with E-state index < -0.39 is 18.5 Å². The smallest absolute Gasteiger partial charge is 0.338 e. The summed E-state index contributed by atoms with van der Waals surface area (Å²) in [7, 11) is 1.54. The minimum Gasteiger partial charge on any atom is -0.452 e. The molecule has 0 saturated heterocycles. The average molecular weight is 394 g/mol. The number of benzene rings is 2. The Bertz CT molecular complexity index is 871. The second-order valence-corrected chi connectivity index (χ2v) is 7.24. The summed E-state index contributed by atoms with van der Waals surface area (Å²) in [4.78, 5) is 35.9. The van der Waals surface area contributed by atoms with Gasteiger partial charge in [0.25, 0.3) is 11.8 Å². The van der Waals surface area contributed by atoms with Crippen LogP contribution in [-0.2, 0) is 9.53 Å². The number of carbonyl (C=O) groups excluding carboxylic acids is 3. The lowest BCUT2D eigenvalue weighted by molar-refractivity contribution is -0.119. The van der Waals surface area contributed by atoms with Crippen molar-refractivity contribution in [2.24, 2.45) is 0 Å². The fourth-order valence-electron chi connectivity index (χ4n) is 3.62. The molecule has 6 nitrogen and oxygen atoms in total. The molecule has 2 amide bonds. The van der Waals surface area contributed by atoms with E-state index in [4.69, 9.17) is 4.74 Å². The average Bonchev–Trinajstić information content (AvgIpc) is 2.77. The third-order valence-corrected chi connectivity index (χ3v) is 5.19. The molecule has 0 bridgehead atoms. The zero-order chi connectivity index (χ0) is 20.6. The van der Waals surface area contributed by atoms with Crippen molar-refractivity contribution in [3.8, 4) is 0 Å². The molecule has 29 heavy (non-hydrogen) atoms. The number of hydrogen-bond donors (Lipinski definition) is 2. The molecule has 2 N–H and O–H groups in total. The Morgan fingerprint density at radius 1 is 0.966 bits per heavy atom. The minimum absolute atomic E-state index is 0.246. The minimum atomic E-state index is -0.533. The van der Waals surface area contributed by atoms with Crippen molar-refractivity contribution in [2.75, 3.05) is 19.0 Å². The fraction of sp³-hybridized carbons (Fsp3) is 0.348. The lowest BCUT2D eigenvalue weighted by Crippen LogP contribution is -2.22. The summed E-state index contributed by atoms with van der Waals surface area (Å²) in [5, 5.41) is 5.15. The summed E-state index contributed by atoms with van der Waals surface area (Å²) in [6.45, 7) is -0.395. The summed E-state index contributed by atoms with van der Waals surface area (Å²) in [5.41, 5.74) is 2.58. The van der Waals surface area contributed by atoms with Crippen LogP contribution in [0.4, 0.5) is 5.69 Å².